The first kappa shape index (κ1) is 23.3. The maximum Gasteiger partial charge on any atom is 0.265 e. The van der Waals surface area contributed by atoms with Crippen molar-refractivity contribution in [3.8, 4) is 5.75 Å². The van der Waals surface area contributed by atoms with E-state index in [0.29, 0.717) is 36.8 Å². The van der Waals surface area contributed by atoms with Crippen LogP contribution in [0, 0.1) is 0 Å². The summed E-state index contributed by atoms with van der Waals surface area (Å²) in [5.74, 6) is 1.52. The van der Waals surface area contributed by atoms with Crippen molar-refractivity contribution in [1.82, 2.24) is 4.31 Å². The molecule has 0 spiro atoms. The van der Waals surface area contributed by atoms with Crippen LogP contribution >= 0.6 is 0 Å². The highest BCUT2D eigenvalue weighted by molar-refractivity contribution is 7.89. The minimum absolute atomic E-state index is 0.152. The van der Waals surface area contributed by atoms with Gasteiger partial charge in [-0.2, -0.15) is 0 Å². The highest BCUT2D eigenvalue weighted by Gasteiger charge is 2.31. The molecule has 1 aliphatic heterocycles. The van der Waals surface area contributed by atoms with Crippen molar-refractivity contribution in [3.63, 3.8) is 0 Å². The second-order valence-electron chi connectivity index (χ2n) is 8.75. The van der Waals surface area contributed by atoms with Gasteiger partial charge in [-0.3, -0.25) is 9.30 Å². The summed E-state index contributed by atoms with van der Waals surface area (Å²) in [6.07, 6.45) is 2.51. The van der Waals surface area contributed by atoms with Crippen LogP contribution < -0.4 is 4.74 Å². The van der Waals surface area contributed by atoms with Gasteiger partial charge < -0.3 is 4.74 Å². The Balaban J connectivity index is 1.62. The Kier molecular flexibility index (Phi) is 7.03. The Labute approximate surface area is 197 Å². The Bertz CT molecular complexity index is 1260. The Morgan fingerprint density at radius 2 is 1.85 bits per heavy atom. The van der Waals surface area contributed by atoms with Crippen molar-refractivity contribution in [2.45, 2.75) is 50.8 Å². The smallest absolute Gasteiger partial charge is 0.265 e. The van der Waals surface area contributed by atoms with Crippen LogP contribution in [0.25, 0.3) is 10.8 Å². The molecule has 0 radical (unpaired) electrons. The fourth-order valence-electron chi connectivity index (χ4n) is 4.22. The average Bonchev–Trinajstić information content (AvgIpc) is 3.28. The highest BCUT2D eigenvalue weighted by Crippen LogP contribution is 2.31. The molecule has 33 heavy (non-hydrogen) atoms. The van der Waals surface area contributed by atoms with E-state index < -0.39 is 10.0 Å². The fourth-order valence-corrected chi connectivity index (χ4v) is 5.71. The molecule has 6 heteroatoms. The number of aliphatic imine (C=N–C) groups is 1. The first-order valence-electron chi connectivity index (χ1n) is 11.7. The summed E-state index contributed by atoms with van der Waals surface area (Å²) in [6.45, 7) is 7.72. The predicted molar refractivity (Wildman–Crippen MR) is 135 cm³/mol. The van der Waals surface area contributed by atoms with Gasteiger partial charge in [0.15, 0.2) is 0 Å². The largest absolute Gasteiger partial charge is 0.493 e. The van der Waals surface area contributed by atoms with E-state index in [1.165, 1.54) is 4.31 Å². The van der Waals surface area contributed by atoms with Gasteiger partial charge in [0.25, 0.3) is 10.0 Å². The van der Waals surface area contributed by atoms with Gasteiger partial charge in [-0.05, 0) is 52.4 Å². The number of fused-ring (bicyclic) bond motifs is 1. The molecule has 0 saturated carbocycles. The van der Waals surface area contributed by atoms with Gasteiger partial charge in [0.05, 0.1) is 24.6 Å². The van der Waals surface area contributed by atoms with Gasteiger partial charge >= 0.3 is 0 Å². The number of amidine groups is 1. The summed E-state index contributed by atoms with van der Waals surface area (Å²) in [7, 11) is -3.71. The van der Waals surface area contributed by atoms with Crippen LogP contribution in [0.1, 0.15) is 50.7 Å². The van der Waals surface area contributed by atoms with Gasteiger partial charge in [-0.15, -0.1) is 0 Å². The minimum atomic E-state index is -3.71. The van der Waals surface area contributed by atoms with E-state index in [9.17, 15) is 8.42 Å². The Hall–Kier alpha value is -2.86. The van der Waals surface area contributed by atoms with Crippen LogP contribution in [0.15, 0.2) is 70.6 Å². The SMILES string of the molecule is CCCCOc1ccc(S(=O)(=O)N2CCN=C2Cc2cccc3ccccc23)cc1C(C)C. The van der Waals surface area contributed by atoms with Gasteiger partial charge in [0.1, 0.15) is 11.6 Å². The second-order valence-corrected chi connectivity index (χ2v) is 10.6. The maximum atomic E-state index is 13.6. The molecule has 0 amide bonds. The zero-order chi connectivity index (χ0) is 23.4. The van der Waals surface area contributed by atoms with E-state index in [4.69, 9.17) is 4.74 Å². The van der Waals surface area contributed by atoms with Gasteiger partial charge in [-0.25, -0.2) is 8.42 Å². The van der Waals surface area contributed by atoms with Gasteiger partial charge in [-0.1, -0.05) is 69.7 Å². The first-order valence-corrected chi connectivity index (χ1v) is 13.1. The van der Waals surface area contributed by atoms with Crippen LogP contribution in [0.2, 0.25) is 0 Å². The summed E-state index contributed by atoms with van der Waals surface area (Å²) >= 11 is 0. The Morgan fingerprint density at radius 1 is 1.06 bits per heavy atom. The number of hydrogen-bond donors (Lipinski definition) is 0. The molecule has 0 bridgehead atoms. The predicted octanol–water partition coefficient (Wildman–Crippen LogP) is 5.79. The summed E-state index contributed by atoms with van der Waals surface area (Å²) in [5, 5.41) is 2.27. The minimum Gasteiger partial charge on any atom is -0.493 e. The molecule has 3 aromatic rings. The summed E-state index contributed by atoms with van der Waals surface area (Å²) in [6, 6.07) is 19.5. The van der Waals surface area contributed by atoms with Gasteiger partial charge in [0, 0.05) is 6.42 Å². The standard InChI is InChI=1S/C27H32N2O3S/c1-4-5-17-32-26-14-13-23(19-25(26)20(2)3)33(30,31)29-16-15-28-27(29)18-22-11-8-10-21-9-6-7-12-24(21)22/h6-14,19-20H,4-5,15-18H2,1-3H3. The molecule has 0 atom stereocenters. The molecule has 5 nitrogen and oxygen atoms in total. The number of rotatable bonds is 9. The summed E-state index contributed by atoms with van der Waals surface area (Å²) < 4.78 is 34.7. The molecule has 0 unspecified atom stereocenters. The normalized spacial score (nSPS) is 14.2. The van der Waals surface area contributed by atoms with Gasteiger partial charge in [0.2, 0.25) is 0 Å². The van der Waals surface area contributed by atoms with Crippen molar-refractivity contribution in [3.05, 3.63) is 71.8 Å². The molecular weight excluding hydrogens is 432 g/mol. The third kappa shape index (κ3) is 4.91. The number of sulfonamides is 1. The second kappa shape index (κ2) is 9.96. The van der Waals surface area contributed by atoms with E-state index in [1.807, 2.05) is 24.3 Å². The van der Waals surface area contributed by atoms with E-state index in [1.54, 1.807) is 18.2 Å². The number of ether oxygens (including phenoxy) is 1. The Morgan fingerprint density at radius 3 is 2.64 bits per heavy atom. The third-order valence-corrected chi connectivity index (χ3v) is 7.88. The molecule has 1 heterocycles. The molecule has 1 aliphatic rings. The number of unbranched alkanes of at least 4 members (excludes halogenated alkanes) is 1. The fraction of sp³-hybridized carbons (Fsp3) is 0.370. The third-order valence-electron chi connectivity index (χ3n) is 6.06. The number of benzene rings is 3. The lowest BCUT2D eigenvalue weighted by atomic mass is 10.0. The lowest BCUT2D eigenvalue weighted by Gasteiger charge is -2.22. The lowest BCUT2D eigenvalue weighted by Crippen LogP contribution is -2.35. The lowest BCUT2D eigenvalue weighted by molar-refractivity contribution is 0.305. The molecule has 0 fully saturated rings. The zero-order valence-corrected chi connectivity index (χ0v) is 20.4. The van der Waals surface area contributed by atoms with Crippen molar-refractivity contribution < 1.29 is 13.2 Å². The van der Waals surface area contributed by atoms with E-state index >= 15 is 0 Å². The molecule has 4 rings (SSSR count). The molecular formula is C27H32N2O3S. The molecule has 0 aromatic heterocycles. The summed E-state index contributed by atoms with van der Waals surface area (Å²) in [4.78, 5) is 4.87. The molecule has 0 N–H and O–H groups in total. The molecule has 174 valence electrons. The van der Waals surface area contributed by atoms with Crippen molar-refractivity contribution in [2.24, 2.45) is 4.99 Å². The van der Waals surface area contributed by atoms with Crippen LogP contribution in [0.5, 0.6) is 5.75 Å². The number of nitrogens with zero attached hydrogens (tertiary/aromatic N) is 2. The first-order chi connectivity index (χ1) is 15.9. The van der Waals surface area contributed by atoms with E-state index in [2.05, 4.69) is 44.0 Å². The average molecular weight is 465 g/mol. The molecule has 0 aliphatic carbocycles. The van der Waals surface area contributed by atoms with Crippen LogP contribution in [-0.2, 0) is 16.4 Å². The number of hydrogen-bond acceptors (Lipinski definition) is 4. The van der Waals surface area contributed by atoms with Crippen molar-refractivity contribution >= 4 is 26.6 Å². The van der Waals surface area contributed by atoms with Crippen molar-refractivity contribution in [2.75, 3.05) is 19.7 Å². The molecule has 3 aromatic carbocycles. The topological polar surface area (TPSA) is 59.0 Å². The quantitative estimate of drug-likeness (QED) is 0.377. The van der Waals surface area contributed by atoms with Crippen molar-refractivity contribution in [1.29, 1.82) is 0 Å². The van der Waals surface area contributed by atoms with Crippen LogP contribution in [0.3, 0.4) is 0 Å². The highest BCUT2D eigenvalue weighted by atomic mass is 32.2. The summed E-state index contributed by atoms with van der Waals surface area (Å²) in [5.41, 5.74) is 2.00. The van der Waals surface area contributed by atoms with E-state index in [0.717, 1.165) is 40.5 Å². The monoisotopic (exact) mass is 464 g/mol. The van der Waals surface area contributed by atoms with Crippen LogP contribution in [0.4, 0.5) is 0 Å². The van der Waals surface area contributed by atoms with Crippen LogP contribution in [-0.4, -0.2) is 38.3 Å². The van der Waals surface area contributed by atoms with E-state index in [-0.39, 0.29) is 5.92 Å². The maximum absolute atomic E-state index is 13.6. The zero-order valence-electron chi connectivity index (χ0n) is 19.6. The molecule has 0 saturated heterocycles.